The molecule has 1 aliphatic rings. The lowest BCUT2D eigenvalue weighted by Crippen LogP contribution is -2.28. The Kier molecular flexibility index (Phi) is 17.8. The van der Waals surface area contributed by atoms with Crippen molar-refractivity contribution < 1.29 is 25.2 Å². The van der Waals surface area contributed by atoms with Gasteiger partial charge in [0.2, 0.25) is 0 Å². The number of aliphatic hydroxyl groups excluding tert-OH is 4. The van der Waals surface area contributed by atoms with E-state index in [2.05, 4.69) is 0 Å². The zero-order valence-corrected chi connectivity index (χ0v) is 11.0. The molecule has 0 saturated heterocycles. The molecule has 1 fully saturated rings. The Morgan fingerprint density at radius 2 is 1.59 bits per heavy atom. The maximum atomic E-state index is 9.69. The first-order chi connectivity index (χ1) is 8.34. The summed E-state index contributed by atoms with van der Waals surface area (Å²) in [6.07, 6.45) is 5.71. The highest BCUT2D eigenvalue weighted by atomic mass is 16.5. The average Bonchev–Trinajstić information content (AvgIpc) is 2.44. The monoisotopic (exact) mass is 252 g/mol. The van der Waals surface area contributed by atoms with Crippen molar-refractivity contribution in [2.45, 2.75) is 38.2 Å². The number of hydrogen-bond acceptors (Lipinski definition) is 5. The van der Waals surface area contributed by atoms with E-state index in [1.165, 1.54) is 19.3 Å². The molecule has 0 aromatic heterocycles. The normalized spacial score (nSPS) is 17.3. The summed E-state index contributed by atoms with van der Waals surface area (Å²) >= 11 is 0. The smallest absolute Gasteiger partial charge is 0.0801 e. The number of rotatable bonds is 5. The van der Waals surface area contributed by atoms with Crippen LogP contribution in [0.25, 0.3) is 0 Å². The summed E-state index contributed by atoms with van der Waals surface area (Å²) < 4.78 is 5.10. The molecule has 5 heteroatoms. The number of aliphatic hydroxyl groups is 4. The van der Waals surface area contributed by atoms with Crippen molar-refractivity contribution >= 4 is 0 Å². The second kappa shape index (κ2) is 15.8. The van der Waals surface area contributed by atoms with E-state index in [9.17, 15) is 5.11 Å². The lowest BCUT2D eigenvalue weighted by atomic mass is 9.85. The fraction of sp³-hybridized carbons (Fsp3) is 1.00. The molecule has 0 amide bonds. The summed E-state index contributed by atoms with van der Waals surface area (Å²) in [5.74, 6) is 0.424. The molecule has 1 unspecified atom stereocenters. The molecular formula is C12H28O5. The molecule has 0 spiro atoms. The zero-order valence-electron chi connectivity index (χ0n) is 11.0. The fourth-order valence-corrected chi connectivity index (χ4v) is 1.92. The van der Waals surface area contributed by atoms with E-state index < -0.39 is 0 Å². The van der Waals surface area contributed by atoms with Crippen LogP contribution in [0.3, 0.4) is 0 Å². The van der Waals surface area contributed by atoms with Crippen LogP contribution in [-0.4, -0.2) is 60.6 Å². The average molecular weight is 252 g/mol. The summed E-state index contributed by atoms with van der Waals surface area (Å²) in [5, 5.41) is 32.2. The van der Waals surface area contributed by atoms with Gasteiger partial charge in [0.25, 0.3) is 0 Å². The van der Waals surface area contributed by atoms with Gasteiger partial charge in [-0.05, 0) is 18.8 Å². The Morgan fingerprint density at radius 3 is 2.06 bits per heavy atom. The highest BCUT2D eigenvalue weighted by Crippen LogP contribution is 2.26. The predicted octanol–water partition coefficient (Wildman–Crippen LogP) is 0.153. The molecule has 0 aliphatic heterocycles. The largest absolute Gasteiger partial charge is 0.400 e. The lowest BCUT2D eigenvalue weighted by molar-refractivity contribution is -0.0137. The lowest BCUT2D eigenvalue weighted by Gasteiger charge is -2.26. The fourth-order valence-electron chi connectivity index (χ4n) is 1.92. The van der Waals surface area contributed by atoms with Gasteiger partial charge in [-0.1, -0.05) is 19.3 Å². The van der Waals surface area contributed by atoms with E-state index in [1.807, 2.05) is 0 Å². The minimum absolute atomic E-state index is 0.0391. The van der Waals surface area contributed by atoms with Crippen LogP contribution in [0, 0.1) is 5.92 Å². The van der Waals surface area contributed by atoms with Crippen molar-refractivity contribution in [3.63, 3.8) is 0 Å². The maximum absolute atomic E-state index is 9.69. The van der Waals surface area contributed by atoms with Gasteiger partial charge < -0.3 is 25.2 Å². The Morgan fingerprint density at radius 1 is 1.06 bits per heavy atom. The molecule has 0 radical (unpaired) electrons. The van der Waals surface area contributed by atoms with Crippen molar-refractivity contribution in [3.05, 3.63) is 0 Å². The standard InChI is InChI=1S/C10H20O3.2CH4O/c11-6-7-13-8-10(12)9-4-2-1-3-5-9;2*1-2/h9-12H,1-8H2;2*2H,1H3. The Labute approximate surface area is 104 Å². The van der Waals surface area contributed by atoms with Crippen molar-refractivity contribution in [2.24, 2.45) is 5.92 Å². The van der Waals surface area contributed by atoms with Gasteiger partial charge in [-0.25, -0.2) is 0 Å². The Bertz CT molecular complexity index is 126. The second-order valence-corrected chi connectivity index (χ2v) is 3.76. The second-order valence-electron chi connectivity index (χ2n) is 3.76. The van der Waals surface area contributed by atoms with Crippen LogP contribution >= 0.6 is 0 Å². The molecule has 1 rings (SSSR count). The van der Waals surface area contributed by atoms with E-state index in [0.29, 0.717) is 19.1 Å². The highest BCUT2D eigenvalue weighted by Gasteiger charge is 2.21. The first-order valence-corrected chi connectivity index (χ1v) is 6.10. The molecule has 106 valence electrons. The van der Waals surface area contributed by atoms with Crippen LogP contribution in [0.15, 0.2) is 0 Å². The van der Waals surface area contributed by atoms with Crippen LogP contribution < -0.4 is 0 Å². The van der Waals surface area contributed by atoms with E-state index in [1.54, 1.807) is 0 Å². The van der Waals surface area contributed by atoms with E-state index >= 15 is 0 Å². The first kappa shape index (κ1) is 19.1. The van der Waals surface area contributed by atoms with Crippen molar-refractivity contribution in [3.8, 4) is 0 Å². The Balaban J connectivity index is 0. The van der Waals surface area contributed by atoms with Crippen molar-refractivity contribution in [2.75, 3.05) is 34.0 Å². The predicted molar refractivity (Wildman–Crippen MR) is 66.8 cm³/mol. The molecular weight excluding hydrogens is 224 g/mol. The van der Waals surface area contributed by atoms with Gasteiger partial charge in [-0.15, -0.1) is 0 Å². The molecule has 0 bridgehead atoms. The molecule has 0 aromatic rings. The maximum Gasteiger partial charge on any atom is 0.0801 e. The molecule has 4 N–H and O–H groups in total. The first-order valence-electron chi connectivity index (χ1n) is 6.10. The molecule has 0 heterocycles. The zero-order chi connectivity index (χ0) is 13.5. The minimum atomic E-state index is -0.327. The van der Waals surface area contributed by atoms with Crippen LogP contribution in [0.2, 0.25) is 0 Å². The number of hydrogen-bond donors (Lipinski definition) is 4. The van der Waals surface area contributed by atoms with Crippen molar-refractivity contribution in [1.82, 2.24) is 0 Å². The SMILES string of the molecule is CO.CO.OCCOCC(O)C1CCCCC1. The van der Waals surface area contributed by atoms with Crippen LogP contribution in [0.1, 0.15) is 32.1 Å². The van der Waals surface area contributed by atoms with Gasteiger partial charge in [0.05, 0.1) is 25.9 Å². The topological polar surface area (TPSA) is 90.2 Å². The quantitative estimate of drug-likeness (QED) is 0.523. The Hall–Kier alpha value is -0.200. The van der Waals surface area contributed by atoms with Crippen LogP contribution in [0.4, 0.5) is 0 Å². The van der Waals surface area contributed by atoms with Gasteiger partial charge in [0.15, 0.2) is 0 Å². The van der Waals surface area contributed by atoms with Gasteiger partial charge in [-0.2, -0.15) is 0 Å². The summed E-state index contributed by atoms with van der Waals surface area (Å²) in [6, 6.07) is 0. The molecule has 0 aromatic carbocycles. The third kappa shape index (κ3) is 10.7. The van der Waals surface area contributed by atoms with Crippen molar-refractivity contribution in [1.29, 1.82) is 0 Å². The van der Waals surface area contributed by atoms with Crippen LogP contribution in [-0.2, 0) is 4.74 Å². The van der Waals surface area contributed by atoms with E-state index in [0.717, 1.165) is 27.1 Å². The summed E-state index contributed by atoms with van der Waals surface area (Å²) in [5.41, 5.74) is 0. The third-order valence-corrected chi connectivity index (χ3v) is 2.72. The molecule has 1 atom stereocenters. The summed E-state index contributed by atoms with van der Waals surface area (Å²) in [6.45, 7) is 0.756. The third-order valence-electron chi connectivity index (χ3n) is 2.72. The van der Waals surface area contributed by atoms with Gasteiger partial charge >= 0.3 is 0 Å². The van der Waals surface area contributed by atoms with Gasteiger partial charge in [0, 0.05) is 14.2 Å². The highest BCUT2D eigenvalue weighted by molar-refractivity contribution is 4.72. The minimum Gasteiger partial charge on any atom is -0.400 e. The summed E-state index contributed by atoms with van der Waals surface area (Å²) in [4.78, 5) is 0. The molecule has 17 heavy (non-hydrogen) atoms. The number of ether oxygens (including phenoxy) is 1. The van der Waals surface area contributed by atoms with Crippen LogP contribution in [0.5, 0.6) is 0 Å². The summed E-state index contributed by atoms with van der Waals surface area (Å²) in [7, 11) is 2.00. The molecule has 5 nitrogen and oxygen atoms in total. The van der Waals surface area contributed by atoms with E-state index in [-0.39, 0.29) is 12.7 Å². The van der Waals surface area contributed by atoms with E-state index in [4.69, 9.17) is 20.1 Å². The molecule has 1 saturated carbocycles. The molecule has 1 aliphatic carbocycles. The van der Waals surface area contributed by atoms with Gasteiger partial charge in [0.1, 0.15) is 0 Å². The van der Waals surface area contributed by atoms with Gasteiger partial charge in [-0.3, -0.25) is 0 Å².